The second-order valence-corrected chi connectivity index (χ2v) is 7.24. The first kappa shape index (κ1) is 27.2. The SMILES string of the molecule is C.CC.CC(C)c1cc(OS(=O)(=O)C(F)(F)F)nc(SCC(N)=O)c1C#N. The fraction of sp³-hybridized carbons (Fsp3) is 0.533. The first-order valence-electron chi connectivity index (χ1n) is 7.26. The van der Waals surface area contributed by atoms with E-state index in [1.54, 1.807) is 13.8 Å². The number of nitrogens with two attached hydrogens (primary N) is 1. The number of rotatable bonds is 6. The second-order valence-electron chi connectivity index (χ2n) is 4.73. The molecule has 0 spiro atoms. The van der Waals surface area contributed by atoms with Crippen molar-refractivity contribution < 1.29 is 30.6 Å². The van der Waals surface area contributed by atoms with Gasteiger partial charge in [0.15, 0.2) is 0 Å². The number of pyridine rings is 1. The number of amides is 1. The van der Waals surface area contributed by atoms with Crippen LogP contribution in [0.3, 0.4) is 0 Å². The Morgan fingerprint density at radius 2 is 1.93 bits per heavy atom. The Bertz CT molecular complexity index is 789. The van der Waals surface area contributed by atoms with Crippen molar-refractivity contribution in [1.82, 2.24) is 4.98 Å². The van der Waals surface area contributed by atoms with Gasteiger partial charge in [-0.25, -0.2) is 4.98 Å². The van der Waals surface area contributed by atoms with E-state index < -0.39 is 27.4 Å². The van der Waals surface area contributed by atoms with Crippen molar-refractivity contribution in [2.45, 2.75) is 51.6 Å². The lowest BCUT2D eigenvalue weighted by Crippen LogP contribution is -2.28. The first-order chi connectivity index (χ1) is 11.9. The minimum Gasteiger partial charge on any atom is -0.369 e. The van der Waals surface area contributed by atoms with Gasteiger partial charge < -0.3 is 9.92 Å². The van der Waals surface area contributed by atoms with Gasteiger partial charge in [-0.1, -0.05) is 46.9 Å². The normalized spacial score (nSPS) is 10.9. The van der Waals surface area contributed by atoms with Crippen molar-refractivity contribution in [2.75, 3.05) is 5.75 Å². The third-order valence-electron chi connectivity index (χ3n) is 2.56. The maximum Gasteiger partial charge on any atom is 0.534 e. The molecule has 0 aliphatic rings. The molecule has 2 N–H and O–H groups in total. The zero-order valence-electron chi connectivity index (χ0n) is 14.4. The summed E-state index contributed by atoms with van der Waals surface area (Å²) in [4.78, 5) is 14.4. The zero-order valence-corrected chi connectivity index (χ0v) is 16.0. The molecule has 12 heteroatoms. The lowest BCUT2D eigenvalue weighted by Gasteiger charge is -2.14. The number of aromatic nitrogens is 1. The lowest BCUT2D eigenvalue weighted by atomic mass is 10.00. The van der Waals surface area contributed by atoms with E-state index in [2.05, 4.69) is 9.17 Å². The summed E-state index contributed by atoms with van der Waals surface area (Å²) in [6.45, 7) is 7.28. The van der Waals surface area contributed by atoms with Crippen LogP contribution in [0.15, 0.2) is 11.1 Å². The Labute approximate surface area is 161 Å². The van der Waals surface area contributed by atoms with Gasteiger partial charge in [-0.3, -0.25) is 4.79 Å². The summed E-state index contributed by atoms with van der Waals surface area (Å²) in [5, 5.41) is 9.06. The smallest absolute Gasteiger partial charge is 0.369 e. The number of nitrogens with zero attached hydrogens (tertiary/aromatic N) is 2. The predicted octanol–water partition coefficient (Wildman–Crippen LogP) is 3.54. The highest BCUT2D eigenvalue weighted by Gasteiger charge is 2.49. The average Bonchev–Trinajstić information content (AvgIpc) is 2.52. The van der Waals surface area contributed by atoms with Crippen molar-refractivity contribution in [3.8, 4) is 11.9 Å². The van der Waals surface area contributed by atoms with Gasteiger partial charge in [0.05, 0.1) is 11.3 Å². The molecule has 1 amide bonds. The van der Waals surface area contributed by atoms with Crippen LogP contribution in [-0.2, 0) is 14.9 Å². The van der Waals surface area contributed by atoms with Crippen LogP contribution in [0, 0.1) is 11.3 Å². The van der Waals surface area contributed by atoms with Crippen LogP contribution in [0.2, 0.25) is 0 Å². The van der Waals surface area contributed by atoms with Gasteiger partial charge >= 0.3 is 15.6 Å². The molecule has 7 nitrogen and oxygen atoms in total. The van der Waals surface area contributed by atoms with E-state index in [1.165, 1.54) is 0 Å². The van der Waals surface area contributed by atoms with Gasteiger partial charge in [0.1, 0.15) is 11.1 Å². The Morgan fingerprint density at radius 3 is 2.30 bits per heavy atom. The van der Waals surface area contributed by atoms with Crippen molar-refractivity contribution >= 4 is 27.8 Å². The Morgan fingerprint density at radius 1 is 1.41 bits per heavy atom. The molecule has 0 unspecified atom stereocenters. The van der Waals surface area contributed by atoms with Gasteiger partial charge in [-0.05, 0) is 11.5 Å². The second kappa shape index (κ2) is 11.0. The molecule has 0 atom stereocenters. The topological polar surface area (TPSA) is 123 Å². The quantitative estimate of drug-likeness (QED) is 0.417. The molecular weight excluding hydrogens is 407 g/mol. The molecule has 0 aliphatic heterocycles. The van der Waals surface area contributed by atoms with E-state index in [0.29, 0.717) is 11.8 Å². The molecule has 1 aromatic rings. The summed E-state index contributed by atoms with van der Waals surface area (Å²) in [6.07, 6.45) is 0. The average molecular weight is 429 g/mol. The van der Waals surface area contributed by atoms with E-state index in [1.807, 2.05) is 19.9 Å². The Hall–Kier alpha value is -2.00. The van der Waals surface area contributed by atoms with Crippen LogP contribution in [0.1, 0.15) is 52.2 Å². The summed E-state index contributed by atoms with van der Waals surface area (Å²) in [6, 6.07) is 2.77. The van der Waals surface area contributed by atoms with Gasteiger partial charge in [0.25, 0.3) is 0 Å². The van der Waals surface area contributed by atoms with Crippen LogP contribution in [-0.4, -0.2) is 30.6 Å². The summed E-state index contributed by atoms with van der Waals surface area (Å²) in [5.74, 6) is -2.23. The predicted molar refractivity (Wildman–Crippen MR) is 96.6 cm³/mol. The third-order valence-corrected chi connectivity index (χ3v) is 4.51. The van der Waals surface area contributed by atoms with Crippen molar-refractivity contribution in [1.29, 1.82) is 5.26 Å². The molecule has 0 saturated carbocycles. The zero-order chi connectivity index (χ0) is 20.7. The van der Waals surface area contributed by atoms with Crippen LogP contribution in [0.25, 0.3) is 0 Å². The molecular formula is C15H22F3N3O4S2. The number of carbonyl (C=O) groups is 1. The summed E-state index contributed by atoms with van der Waals surface area (Å²) in [7, 11) is -5.91. The van der Waals surface area contributed by atoms with Crippen LogP contribution < -0.4 is 9.92 Å². The number of halogens is 3. The molecule has 0 bridgehead atoms. The van der Waals surface area contributed by atoms with Gasteiger partial charge in [-0.15, -0.1) is 0 Å². The molecule has 0 saturated heterocycles. The number of alkyl halides is 3. The van der Waals surface area contributed by atoms with E-state index >= 15 is 0 Å². The monoisotopic (exact) mass is 429 g/mol. The van der Waals surface area contributed by atoms with E-state index in [9.17, 15) is 31.6 Å². The van der Waals surface area contributed by atoms with Crippen molar-refractivity contribution in [2.24, 2.45) is 5.73 Å². The fourth-order valence-electron chi connectivity index (χ4n) is 1.53. The fourth-order valence-corrected chi connectivity index (χ4v) is 2.68. The number of nitriles is 1. The van der Waals surface area contributed by atoms with Crippen LogP contribution >= 0.6 is 11.8 Å². The van der Waals surface area contributed by atoms with E-state index in [-0.39, 0.29) is 35.3 Å². The third kappa shape index (κ3) is 7.64. The molecule has 0 radical (unpaired) electrons. The summed E-state index contributed by atoms with van der Waals surface area (Å²) >= 11 is 0.695. The highest BCUT2D eigenvalue weighted by Crippen LogP contribution is 2.33. The Balaban J connectivity index is 0. The first-order valence-corrected chi connectivity index (χ1v) is 9.65. The standard InChI is InChI=1S/C12H12F3N3O4S2.C2H6.CH4/c1-6(2)7-3-10(22-24(20,21)12(13,14)15)18-11(8(7)4-16)23-5-9(17)19;1-2;/h3,6H,5H2,1-2H3,(H2,17,19);1-2H3;1H4. The maximum atomic E-state index is 12.4. The minimum absolute atomic E-state index is 0. The molecule has 0 fully saturated rings. The van der Waals surface area contributed by atoms with Crippen LogP contribution in [0.5, 0.6) is 5.88 Å². The molecule has 1 rings (SSSR count). The van der Waals surface area contributed by atoms with E-state index in [4.69, 9.17) is 5.73 Å². The molecule has 0 aliphatic carbocycles. The summed E-state index contributed by atoms with van der Waals surface area (Å²) in [5.41, 5.74) is -0.408. The van der Waals surface area contributed by atoms with Crippen LogP contribution in [0.4, 0.5) is 13.2 Å². The number of hydrogen-bond donors (Lipinski definition) is 1. The molecule has 1 heterocycles. The molecule has 154 valence electrons. The molecule has 0 aromatic carbocycles. The van der Waals surface area contributed by atoms with Crippen molar-refractivity contribution in [3.63, 3.8) is 0 Å². The van der Waals surface area contributed by atoms with Crippen molar-refractivity contribution in [3.05, 3.63) is 17.2 Å². The number of carbonyl (C=O) groups excluding carboxylic acids is 1. The molecule has 1 aromatic heterocycles. The number of thioether (sulfide) groups is 1. The van der Waals surface area contributed by atoms with E-state index in [0.717, 1.165) is 6.07 Å². The molecule has 27 heavy (non-hydrogen) atoms. The van der Waals surface area contributed by atoms with Gasteiger partial charge in [0.2, 0.25) is 11.8 Å². The number of hydrogen-bond acceptors (Lipinski definition) is 7. The summed E-state index contributed by atoms with van der Waals surface area (Å²) < 4.78 is 63.5. The Kier molecular flexibility index (Phi) is 11.1. The highest BCUT2D eigenvalue weighted by atomic mass is 32.2. The van der Waals surface area contributed by atoms with Gasteiger partial charge in [0, 0.05) is 6.07 Å². The highest BCUT2D eigenvalue weighted by molar-refractivity contribution is 8.00. The minimum atomic E-state index is -5.91. The lowest BCUT2D eigenvalue weighted by molar-refractivity contribution is -0.115. The van der Waals surface area contributed by atoms with Gasteiger partial charge in [-0.2, -0.15) is 26.9 Å². The largest absolute Gasteiger partial charge is 0.534 e. The number of primary amides is 1. The maximum absolute atomic E-state index is 12.4.